The summed E-state index contributed by atoms with van der Waals surface area (Å²) in [5.41, 5.74) is 2.34. The Hall–Kier alpha value is -1.28. The van der Waals surface area contributed by atoms with Gasteiger partial charge in [-0.2, -0.15) is 0 Å². The van der Waals surface area contributed by atoms with Gasteiger partial charge in [0.25, 0.3) is 0 Å². The van der Waals surface area contributed by atoms with Crippen molar-refractivity contribution in [1.82, 2.24) is 0 Å². The second kappa shape index (κ2) is 4.07. The number of aliphatic carboxylic acids is 1. The molecule has 0 unspecified atom stereocenters. The van der Waals surface area contributed by atoms with Gasteiger partial charge in [-0.3, -0.25) is 0 Å². The van der Waals surface area contributed by atoms with E-state index in [0.717, 1.165) is 24.0 Å². The van der Waals surface area contributed by atoms with E-state index < -0.39 is 5.97 Å². The SMILES string of the molecule is O=C(O)C1=C(Cl)c2ccccc2CCC1. The molecule has 1 N–H and O–H groups in total. The zero-order valence-corrected chi connectivity index (χ0v) is 8.92. The Morgan fingerprint density at radius 2 is 2.00 bits per heavy atom. The molecule has 0 radical (unpaired) electrons. The van der Waals surface area contributed by atoms with E-state index in [9.17, 15) is 4.79 Å². The summed E-state index contributed by atoms with van der Waals surface area (Å²) in [6, 6.07) is 7.72. The number of carboxylic acid groups (broad SMARTS) is 1. The maximum absolute atomic E-state index is 11.0. The lowest BCUT2D eigenvalue weighted by Crippen LogP contribution is -2.01. The predicted molar refractivity (Wildman–Crippen MR) is 59.8 cm³/mol. The molecule has 1 aliphatic rings. The van der Waals surface area contributed by atoms with E-state index in [1.807, 2.05) is 24.3 Å². The number of fused-ring (bicyclic) bond motifs is 1. The Balaban J connectivity index is 2.57. The topological polar surface area (TPSA) is 37.3 Å². The van der Waals surface area contributed by atoms with Gasteiger partial charge < -0.3 is 5.11 Å². The van der Waals surface area contributed by atoms with Crippen LogP contribution in [0.3, 0.4) is 0 Å². The molecule has 0 spiro atoms. The van der Waals surface area contributed by atoms with Crippen LogP contribution in [0.2, 0.25) is 0 Å². The van der Waals surface area contributed by atoms with Crippen LogP contribution in [0.5, 0.6) is 0 Å². The quantitative estimate of drug-likeness (QED) is 0.793. The minimum Gasteiger partial charge on any atom is -0.478 e. The molecular weight excluding hydrogens is 212 g/mol. The first-order chi connectivity index (χ1) is 7.20. The van der Waals surface area contributed by atoms with Crippen LogP contribution >= 0.6 is 11.6 Å². The third kappa shape index (κ3) is 1.90. The number of hydrogen-bond donors (Lipinski definition) is 1. The lowest BCUT2D eigenvalue weighted by Gasteiger charge is -2.05. The molecular formula is C12H11ClO2. The van der Waals surface area contributed by atoms with E-state index in [4.69, 9.17) is 16.7 Å². The van der Waals surface area contributed by atoms with Gasteiger partial charge in [-0.25, -0.2) is 4.79 Å². The average molecular weight is 223 g/mol. The van der Waals surface area contributed by atoms with Crippen LogP contribution in [-0.2, 0) is 11.2 Å². The number of benzene rings is 1. The van der Waals surface area contributed by atoms with Crippen LogP contribution < -0.4 is 0 Å². The molecule has 1 aliphatic carbocycles. The lowest BCUT2D eigenvalue weighted by molar-refractivity contribution is -0.132. The van der Waals surface area contributed by atoms with Crippen molar-refractivity contribution in [2.75, 3.05) is 0 Å². The van der Waals surface area contributed by atoms with Crippen LogP contribution in [0.1, 0.15) is 24.0 Å². The summed E-state index contributed by atoms with van der Waals surface area (Å²) in [6.45, 7) is 0. The molecule has 0 saturated heterocycles. The fourth-order valence-corrected chi connectivity index (χ4v) is 2.24. The van der Waals surface area contributed by atoms with Gasteiger partial charge in [0.2, 0.25) is 0 Å². The van der Waals surface area contributed by atoms with Crippen LogP contribution in [0.4, 0.5) is 0 Å². The van der Waals surface area contributed by atoms with E-state index in [1.54, 1.807) is 0 Å². The van der Waals surface area contributed by atoms with Gasteiger partial charge in [0.05, 0.1) is 10.6 Å². The van der Waals surface area contributed by atoms with Crippen LogP contribution in [0.25, 0.3) is 5.03 Å². The second-order valence-electron chi connectivity index (χ2n) is 3.61. The fourth-order valence-electron chi connectivity index (χ4n) is 1.88. The zero-order valence-electron chi connectivity index (χ0n) is 8.16. The molecule has 78 valence electrons. The minimum absolute atomic E-state index is 0.335. The molecule has 15 heavy (non-hydrogen) atoms. The molecule has 0 aliphatic heterocycles. The third-order valence-electron chi connectivity index (χ3n) is 2.65. The summed E-state index contributed by atoms with van der Waals surface area (Å²) in [7, 11) is 0. The van der Waals surface area contributed by atoms with Crippen molar-refractivity contribution in [2.45, 2.75) is 19.3 Å². The fraction of sp³-hybridized carbons (Fsp3) is 0.250. The standard InChI is InChI=1S/C12H11ClO2/c13-11-9-6-2-1-4-8(9)5-3-7-10(11)12(14)15/h1-2,4,6H,3,5,7H2,(H,14,15). The average Bonchev–Trinajstić information content (AvgIpc) is 2.39. The molecule has 3 heteroatoms. The smallest absolute Gasteiger partial charge is 0.333 e. The normalized spacial score (nSPS) is 15.8. The molecule has 0 fully saturated rings. The van der Waals surface area contributed by atoms with Gasteiger partial charge in [-0.15, -0.1) is 0 Å². The van der Waals surface area contributed by atoms with E-state index in [1.165, 1.54) is 0 Å². The molecule has 0 amide bonds. The minimum atomic E-state index is -0.906. The number of halogens is 1. The van der Waals surface area contributed by atoms with Gasteiger partial charge in [0, 0.05) is 0 Å². The van der Waals surface area contributed by atoms with Crippen LogP contribution in [0, 0.1) is 0 Å². The van der Waals surface area contributed by atoms with Crippen LogP contribution in [0.15, 0.2) is 29.8 Å². The highest BCUT2D eigenvalue weighted by Crippen LogP contribution is 2.32. The third-order valence-corrected chi connectivity index (χ3v) is 3.08. The highest BCUT2D eigenvalue weighted by atomic mass is 35.5. The number of rotatable bonds is 1. The monoisotopic (exact) mass is 222 g/mol. The maximum Gasteiger partial charge on any atom is 0.333 e. The van der Waals surface area contributed by atoms with Crippen LogP contribution in [-0.4, -0.2) is 11.1 Å². The Kier molecular flexibility index (Phi) is 2.78. The molecule has 0 aromatic heterocycles. The first kappa shape index (κ1) is 10.2. The Labute approximate surface area is 93.2 Å². The first-order valence-electron chi connectivity index (χ1n) is 4.90. The highest BCUT2D eigenvalue weighted by molar-refractivity contribution is 6.51. The van der Waals surface area contributed by atoms with Crippen molar-refractivity contribution in [3.05, 3.63) is 41.0 Å². The number of hydrogen-bond acceptors (Lipinski definition) is 1. The summed E-state index contributed by atoms with van der Waals surface area (Å²) in [5.74, 6) is -0.906. The number of carbonyl (C=O) groups is 1. The summed E-state index contributed by atoms with van der Waals surface area (Å²) in [4.78, 5) is 11.0. The number of carboxylic acids is 1. The molecule has 0 heterocycles. The first-order valence-corrected chi connectivity index (χ1v) is 5.28. The second-order valence-corrected chi connectivity index (χ2v) is 3.99. The van der Waals surface area contributed by atoms with E-state index in [0.29, 0.717) is 17.0 Å². The van der Waals surface area contributed by atoms with E-state index in [-0.39, 0.29) is 0 Å². The van der Waals surface area contributed by atoms with Crippen molar-refractivity contribution >= 4 is 22.6 Å². The van der Waals surface area contributed by atoms with Gasteiger partial charge in [0.1, 0.15) is 0 Å². The summed E-state index contributed by atoms with van der Waals surface area (Å²) in [5, 5.41) is 9.42. The molecule has 2 nitrogen and oxygen atoms in total. The van der Waals surface area contributed by atoms with E-state index >= 15 is 0 Å². The molecule has 0 saturated carbocycles. The van der Waals surface area contributed by atoms with Crippen molar-refractivity contribution in [3.63, 3.8) is 0 Å². The van der Waals surface area contributed by atoms with Crippen molar-refractivity contribution in [2.24, 2.45) is 0 Å². The Bertz CT molecular complexity index is 435. The van der Waals surface area contributed by atoms with Gasteiger partial charge in [0.15, 0.2) is 0 Å². The Morgan fingerprint density at radius 1 is 1.27 bits per heavy atom. The van der Waals surface area contributed by atoms with Gasteiger partial charge >= 0.3 is 5.97 Å². The number of aryl methyl sites for hydroxylation is 1. The van der Waals surface area contributed by atoms with Crippen molar-refractivity contribution in [1.29, 1.82) is 0 Å². The molecule has 0 atom stereocenters. The predicted octanol–water partition coefficient (Wildman–Crippen LogP) is 3.06. The molecule has 1 aromatic rings. The highest BCUT2D eigenvalue weighted by Gasteiger charge is 2.19. The van der Waals surface area contributed by atoms with Gasteiger partial charge in [-0.1, -0.05) is 35.9 Å². The summed E-state index contributed by atoms with van der Waals surface area (Å²) in [6.07, 6.45) is 2.28. The van der Waals surface area contributed by atoms with Crippen molar-refractivity contribution < 1.29 is 9.90 Å². The van der Waals surface area contributed by atoms with Gasteiger partial charge in [-0.05, 0) is 30.4 Å². The van der Waals surface area contributed by atoms with E-state index in [2.05, 4.69) is 0 Å². The summed E-state index contributed by atoms with van der Waals surface area (Å²) < 4.78 is 0. The lowest BCUT2D eigenvalue weighted by atomic mass is 10.0. The summed E-state index contributed by atoms with van der Waals surface area (Å²) >= 11 is 6.11. The molecule has 1 aromatic carbocycles. The largest absolute Gasteiger partial charge is 0.478 e. The molecule has 2 rings (SSSR count). The molecule has 0 bridgehead atoms. The zero-order chi connectivity index (χ0) is 10.8. The maximum atomic E-state index is 11.0. The Morgan fingerprint density at radius 3 is 2.73 bits per heavy atom. The van der Waals surface area contributed by atoms with Crippen molar-refractivity contribution in [3.8, 4) is 0 Å².